The van der Waals surface area contributed by atoms with E-state index in [0.29, 0.717) is 6.54 Å². The first-order chi connectivity index (χ1) is 8.74. The molecule has 18 heavy (non-hydrogen) atoms. The van der Waals surface area contributed by atoms with Crippen molar-refractivity contribution in [3.63, 3.8) is 0 Å². The number of aromatic amines is 1. The molecular weight excluding hydrogens is 248 g/mol. The van der Waals surface area contributed by atoms with Crippen LogP contribution in [-0.2, 0) is 13.6 Å². The summed E-state index contributed by atoms with van der Waals surface area (Å²) in [5.74, 6) is 0. The van der Waals surface area contributed by atoms with E-state index in [2.05, 4.69) is 15.4 Å². The molecule has 2 heterocycles. The highest BCUT2D eigenvalue weighted by Gasteiger charge is 2.08. The number of fused-ring (bicyclic) bond motifs is 1. The van der Waals surface area contributed by atoms with Crippen LogP contribution in [0.1, 0.15) is 5.69 Å². The lowest BCUT2D eigenvalue weighted by atomic mass is 10.2. The number of hydrogen-bond donors (Lipinski definition) is 2. The predicted molar refractivity (Wildman–Crippen MR) is 73.8 cm³/mol. The molecule has 3 rings (SSSR count). The zero-order valence-corrected chi connectivity index (χ0v) is 10.7. The number of rotatable bonds is 3. The SMILES string of the molecule is Cn1cc(NCc2[nH]c3ccccc3c2Cl)cn1. The minimum Gasteiger partial charge on any atom is -0.377 e. The second-order valence-corrected chi connectivity index (χ2v) is 4.60. The lowest BCUT2D eigenvalue weighted by Crippen LogP contribution is -1.99. The van der Waals surface area contributed by atoms with E-state index in [9.17, 15) is 0 Å². The fraction of sp³-hybridized carbons (Fsp3) is 0.154. The Bertz CT molecular complexity index is 683. The van der Waals surface area contributed by atoms with Crippen molar-refractivity contribution in [1.82, 2.24) is 14.8 Å². The van der Waals surface area contributed by atoms with Gasteiger partial charge in [-0.3, -0.25) is 4.68 Å². The van der Waals surface area contributed by atoms with Crippen molar-refractivity contribution < 1.29 is 0 Å². The van der Waals surface area contributed by atoms with Gasteiger partial charge >= 0.3 is 0 Å². The number of aryl methyl sites for hydroxylation is 1. The van der Waals surface area contributed by atoms with Crippen molar-refractivity contribution in [2.45, 2.75) is 6.54 Å². The van der Waals surface area contributed by atoms with Crippen LogP contribution in [0.4, 0.5) is 5.69 Å². The quantitative estimate of drug-likeness (QED) is 0.760. The summed E-state index contributed by atoms with van der Waals surface area (Å²) in [7, 11) is 1.89. The van der Waals surface area contributed by atoms with Crippen LogP contribution in [0.25, 0.3) is 10.9 Å². The Morgan fingerprint density at radius 1 is 1.39 bits per heavy atom. The van der Waals surface area contributed by atoms with Gasteiger partial charge in [-0.1, -0.05) is 29.8 Å². The predicted octanol–water partition coefficient (Wildman–Crippen LogP) is 3.17. The maximum Gasteiger partial charge on any atom is 0.0729 e. The Labute approximate surface area is 110 Å². The van der Waals surface area contributed by atoms with E-state index in [1.165, 1.54) is 0 Å². The number of nitrogens with zero attached hydrogens (tertiary/aromatic N) is 2. The van der Waals surface area contributed by atoms with Crippen molar-refractivity contribution >= 4 is 28.2 Å². The molecule has 0 fully saturated rings. The zero-order chi connectivity index (χ0) is 12.5. The van der Waals surface area contributed by atoms with Crippen molar-refractivity contribution in [1.29, 1.82) is 0 Å². The van der Waals surface area contributed by atoms with Gasteiger partial charge in [-0.25, -0.2) is 0 Å². The second-order valence-electron chi connectivity index (χ2n) is 4.22. The lowest BCUT2D eigenvalue weighted by molar-refractivity contribution is 0.768. The molecule has 0 aliphatic carbocycles. The van der Waals surface area contributed by atoms with Gasteiger partial charge in [0, 0.05) is 24.1 Å². The maximum absolute atomic E-state index is 6.34. The van der Waals surface area contributed by atoms with Gasteiger partial charge in [-0.05, 0) is 6.07 Å². The van der Waals surface area contributed by atoms with E-state index in [1.54, 1.807) is 10.9 Å². The van der Waals surface area contributed by atoms with Crippen molar-refractivity contribution in [2.24, 2.45) is 7.05 Å². The Kier molecular flexibility index (Phi) is 2.72. The molecule has 92 valence electrons. The van der Waals surface area contributed by atoms with Gasteiger partial charge in [-0.2, -0.15) is 5.10 Å². The largest absolute Gasteiger partial charge is 0.377 e. The van der Waals surface area contributed by atoms with Gasteiger partial charge in [0.05, 0.1) is 29.1 Å². The molecule has 0 unspecified atom stereocenters. The molecule has 0 saturated carbocycles. The van der Waals surface area contributed by atoms with Crippen molar-refractivity contribution in [2.75, 3.05) is 5.32 Å². The third kappa shape index (κ3) is 1.95. The highest BCUT2D eigenvalue weighted by Crippen LogP contribution is 2.27. The summed E-state index contributed by atoms with van der Waals surface area (Å²) in [5.41, 5.74) is 3.03. The summed E-state index contributed by atoms with van der Waals surface area (Å²) >= 11 is 6.34. The molecule has 0 aliphatic rings. The smallest absolute Gasteiger partial charge is 0.0729 e. The van der Waals surface area contributed by atoms with E-state index in [-0.39, 0.29) is 0 Å². The average molecular weight is 261 g/mol. The molecule has 5 heteroatoms. The van der Waals surface area contributed by atoms with Gasteiger partial charge in [0.15, 0.2) is 0 Å². The van der Waals surface area contributed by atoms with E-state index in [1.807, 2.05) is 37.5 Å². The summed E-state index contributed by atoms with van der Waals surface area (Å²) in [6, 6.07) is 8.02. The van der Waals surface area contributed by atoms with Gasteiger partial charge in [0.25, 0.3) is 0 Å². The average Bonchev–Trinajstić information content (AvgIpc) is 2.92. The van der Waals surface area contributed by atoms with E-state index in [4.69, 9.17) is 11.6 Å². The van der Waals surface area contributed by atoms with Crippen LogP contribution < -0.4 is 5.32 Å². The summed E-state index contributed by atoms with van der Waals surface area (Å²) < 4.78 is 1.76. The van der Waals surface area contributed by atoms with Crippen molar-refractivity contribution in [3.05, 3.63) is 47.4 Å². The molecule has 0 atom stereocenters. The van der Waals surface area contributed by atoms with Crippen LogP contribution in [0.2, 0.25) is 5.02 Å². The third-order valence-electron chi connectivity index (χ3n) is 2.89. The van der Waals surface area contributed by atoms with Gasteiger partial charge in [-0.15, -0.1) is 0 Å². The summed E-state index contributed by atoms with van der Waals surface area (Å²) in [6.45, 7) is 0.652. The molecule has 2 aromatic heterocycles. The Hall–Kier alpha value is -1.94. The topological polar surface area (TPSA) is 45.6 Å². The monoisotopic (exact) mass is 260 g/mol. The van der Waals surface area contributed by atoms with Crippen molar-refractivity contribution in [3.8, 4) is 0 Å². The van der Waals surface area contributed by atoms with Crippen LogP contribution in [0.3, 0.4) is 0 Å². The number of para-hydroxylation sites is 1. The van der Waals surface area contributed by atoms with Crippen LogP contribution >= 0.6 is 11.6 Å². The molecule has 0 radical (unpaired) electrons. The van der Waals surface area contributed by atoms with Gasteiger partial charge in [0.2, 0.25) is 0 Å². The number of nitrogens with one attached hydrogen (secondary N) is 2. The van der Waals surface area contributed by atoms with E-state index >= 15 is 0 Å². The fourth-order valence-corrected chi connectivity index (χ4v) is 2.27. The van der Waals surface area contributed by atoms with Gasteiger partial charge < -0.3 is 10.3 Å². The highest BCUT2D eigenvalue weighted by atomic mass is 35.5. The normalized spacial score (nSPS) is 11.0. The number of halogens is 1. The van der Waals surface area contributed by atoms with Crippen LogP contribution in [0.15, 0.2) is 36.7 Å². The zero-order valence-electron chi connectivity index (χ0n) is 9.94. The molecule has 0 amide bonds. The second kappa shape index (κ2) is 4.38. The molecule has 0 bridgehead atoms. The van der Waals surface area contributed by atoms with Crippen LogP contribution in [0.5, 0.6) is 0 Å². The summed E-state index contributed by atoms with van der Waals surface area (Å²) in [5, 5.41) is 9.23. The number of aromatic nitrogens is 3. The van der Waals surface area contributed by atoms with Gasteiger partial charge in [0.1, 0.15) is 0 Å². The summed E-state index contributed by atoms with van der Waals surface area (Å²) in [6.07, 6.45) is 3.72. The number of benzene rings is 1. The summed E-state index contributed by atoms with van der Waals surface area (Å²) in [4.78, 5) is 3.32. The minimum absolute atomic E-state index is 0.652. The molecular formula is C13H13ClN4. The van der Waals surface area contributed by atoms with E-state index < -0.39 is 0 Å². The molecule has 3 aromatic rings. The van der Waals surface area contributed by atoms with Crippen LogP contribution in [-0.4, -0.2) is 14.8 Å². The Balaban J connectivity index is 1.84. The Morgan fingerprint density at radius 3 is 2.94 bits per heavy atom. The lowest BCUT2D eigenvalue weighted by Gasteiger charge is -2.01. The van der Waals surface area contributed by atoms with E-state index in [0.717, 1.165) is 27.3 Å². The molecule has 0 spiro atoms. The third-order valence-corrected chi connectivity index (χ3v) is 3.32. The molecule has 1 aromatic carbocycles. The molecule has 2 N–H and O–H groups in total. The number of anilines is 1. The first kappa shape index (κ1) is 11.2. The Morgan fingerprint density at radius 2 is 2.22 bits per heavy atom. The minimum atomic E-state index is 0.652. The fourth-order valence-electron chi connectivity index (χ4n) is 1.99. The molecule has 0 saturated heterocycles. The highest BCUT2D eigenvalue weighted by molar-refractivity contribution is 6.36. The molecule has 0 aliphatic heterocycles. The first-order valence-corrected chi connectivity index (χ1v) is 6.09. The molecule has 4 nitrogen and oxygen atoms in total. The standard InChI is InChI=1S/C13H13ClN4/c1-18-8-9(6-16-18)15-7-12-13(14)10-4-2-3-5-11(10)17-12/h2-6,8,15,17H,7H2,1H3. The maximum atomic E-state index is 6.34. The number of H-pyrrole nitrogens is 1. The first-order valence-electron chi connectivity index (χ1n) is 5.71. The number of hydrogen-bond acceptors (Lipinski definition) is 2. The van der Waals surface area contributed by atoms with Crippen LogP contribution in [0, 0.1) is 0 Å².